The smallest absolute Gasteiger partial charge is 0.406 e. The SMILES string of the molecule is C/C(=N\Oc1ccc(OC(F)(F)F)cc1)c1cc(C)ccc1NS(=O)(=O)C(F)(F)F. The Bertz CT molecular complexity index is 1030. The molecule has 13 heteroatoms. The fourth-order valence-electron chi connectivity index (χ4n) is 2.12. The van der Waals surface area contributed by atoms with E-state index < -0.39 is 27.6 Å². The van der Waals surface area contributed by atoms with Crippen molar-refractivity contribution in [1.82, 2.24) is 0 Å². The van der Waals surface area contributed by atoms with E-state index in [1.54, 1.807) is 6.92 Å². The number of nitrogens with zero attached hydrogens (tertiary/aromatic N) is 1. The second-order valence-electron chi connectivity index (χ2n) is 5.89. The maximum Gasteiger partial charge on any atom is 0.573 e. The molecule has 0 unspecified atom stereocenters. The Hall–Kier alpha value is -2.96. The summed E-state index contributed by atoms with van der Waals surface area (Å²) in [6.07, 6.45) is -4.86. The molecule has 0 radical (unpaired) electrons. The highest BCUT2D eigenvalue weighted by Crippen LogP contribution is 2.28. The molecule has 30 heavy (non-hydrogen) atoms. The van der Waals surface area contributed by atoms with Crippen LogP contribution in [0.25, 0.3) is 0 Å². The minimum atomic E-state index is -5.66. The summed E-state index contributed by atoms with van der Waals surface area (Å²) in [5, 5.41) is 3.70. The minimum Gasteiger partial charge on any atom is -0.406 e. The molecule has 0 atom stereocenters. The molecule has 0 bridgehead atoms. The molecule has 6 nitrogen and oxygen atoms in total. The van der Waals surface area contributed by atoms with Crippen LogP contribution in [0, 0.1) is 6.92 Å². The Morgan fingerprint density at radius 1 is 0.967 bits per heavy atom. The van der Waals surface area contributed by atoms with Crippen LogP contribution in [-0.2, 0) is 10.0 Å². The van der Waals surface area contributed by atoms with E-state index in [2.05, 4.69) is 9.89 Å². The first kappa shape index (κ1) is 23.3. The van der Waals surface area contributed by atoms with Gasteiger partial charge in [0.25, 0.3) is 0 Å². The number of oxime groups is 1. The first-order valence-corrected chi connectivity index (χ1v) is 9.44. The van der Waals surface area contributed by atoms with Gasteiger partial charge in [-0.3, -0.25) is 4.72 Å². The van der Waals surface area contributed by atoms with Crippen molar-refractivity contribution in [3.8, 4) is 11.5 Å². The number of ether oxygens (including phenoxy) is 1. The monoisotopic (exact) mass is 456 g/mol. The van der Waals surface area contributed by atoms with E-state index in [1.165, 1.54) is 23.8 Å². The molecule has 0 spiro atoms. The summed E-state index contributed by atoms with van der Waals surface area (Å²) < 4.78 is 102. The third-order valence-electron chi connectivity index (χ3n) is 3.46. The average molecular weight is 456 g/mol. The highest BCUT2D eigenvalue weighted by molar-refractivity contribution is 7.93. The molecule has 0 heterocycles. The highest BCUT2D eigenvalue weighted by atomic mass is 32.2. The van der Waals surface area contributed by atoms with Crippen molar-refractivity contribution in [1.29, 1.82) is 0 Å². The van der Waals surface area contributed by atoms with Gasteiger partial charge in [-0.05, 0) is 50.2 Å². The van der Waals surface area contributed by atoms with Gasteiger partial charge in [0.2, 0.25) is 0 Å². The Morgan fingerprint density at radius 2 is 1.53 bits per heavy atom. The first-order valence-electron chi connectivity index (χ1n) is 7.95. The minimum absolute atomic E-state index is 0.00829. The molecule has 0 saturated carbocycles. The van der Waals surface area contributed by atoms with Crippen molar-refractivity contribution in [2.45, 2.75) is 25.7 Å². The molecular formula is C17H14F6N2O4S. The molecule has 1 N–H and O–H groups in total. The van der Waals surface area contributed by atoms with Gasteiger partial charge >= 0.3 is 21.9 Å². The zero-order chi connectivity index (χ0) is 22.7. The number of alkyl halides is 6. The summed E-state index contributed by atoms with van der Waals surface area (Å²) >= 11 is 0. The van der Waals surface area contributed by atoms with Crippen molar-refractivity contribution >= 4 is 21.4 Å². The van der Waals surface area contributed by atoms with Gasteiger partial charge in [-0.1, -0.05) is 16.8 Å². The second-order valence-corrected chi connectivity index (χ2v) is 7.56. The zero-order valence-electron chi connectivity index (χ0n) is 15.3. The molecule has 0 aliphatic carbocycles. The fourth-order valence-corrected chi connectivity index (χ4v) is 2.70. The predicted octanol–water partition coefficient (Wildman–Crippen LogP) is 4.96. The number of aryl methyl sites for hydroxylation is 1. The Morgan fingerprint density at radius 3 is 2.07 bits per heavy atom. The number of nitrogens with one attached hydrogen (secondary N) is 1. The van der Waals surface area contributed by atoms with E-state index in [9.17, 15) is 34.8 Å². The lowest BCUT2D eigenvalue weighted by Gasteiger charge is -2.14. The molecule has 2 rings (SSSR count). The summed E-state index contributed by atoms with van der Waals surface area (Å²) in [6, 6.07) is 8.12. The van der Waals surface area contributed by atoms with Crippen LogP contribution >= 0.6 is 0 Å². The van der Waals surface area contributed by atoms with Gasteiger partial charge in [0.15, 0.2) is 5.75 Å². The van der Waals surface area contributed by atoms with E-state index in [0.29, 0.717) is 5.56 Å². The zero-order valence-corrected chi connectivity index (χ0v) is 16.1. The molecule has 2 aromatic carbocycles. The normalized spacial score (nSPS) is 13.1. The molecule has 0 saturated heterocycles. The van der Waals surface area contributed by atoms with Crippen LogP contribution in [0.5, 0.6) is 11.5 Å². The maximum absolute atomic E-state index is 12.7. The van der Waals surface area contributed by atoms with Gasteiger partial charge in [0, 0.05) is 5.56 Å². The van der Waals surface area contributed by atoms with Crippen LogP contribution in [0.1, 0.15) is 18.1 Å². The number of rotatable bonds is 6. The quantitative estimate of drug-likeness (QED) is 0.379. The number of anilines is 1. The molecule has 0 amide bonds. The summed E-state index contributed by atoms with van der Waals surface area (Å²) in [6.45, 7) is 2.97. The second kappa shape index (κ2) is 8.42. The lowest BCUT2D eigenvalue weighted by molar-refractivity contribution is -0.274. The van der Waals surface area contributed by atoms with Crippen LogP contribution in [0.15, 0.2) is 47.6 Å². The van der Waals surface area contributed by atoms with Crippen molar-refractivity contribution in [2.75, 3.05) is 4.72 Å². The third kappa shape index (κ3) is 6.27. The number of hydrogen-bond donors (Lipinski definition) is 1. The topological polar surface area (TPSA) is 77.0 Å². The van der Waals surface area contributed by atoms with Crippen molar-refractivity contribution < 1.29 is 44.3 Å². The standard InChI is InChI=1S/C17H14F6N2O4S/c1-10-3-8-15(25-30(26,27)17(21,22)23)14(9-10)11(2)24-29-13-6-4-12(5-7-13)28-16(18,19)20/h3-9,25H,1-2H3/b24-11+. The van der Waals surface area contributed by atoms with E-state index >= 15 is 0 Å². The van der Waals surface area contributed by atoms with Crippen LogP contribution in [-0.4, -0.2) is 26.0 Å². The van der Waals surface area contributed by atoms with Gasteiger partial charge in [0.05, 0.1) is 11.4 Å². The van der Waals surface area contributed by atoms with Crippen LogP contribution < -0.4 is 14.3 Å². The molecule has 164 valence electrons. The summed E-state index contributed by atoms with van der Waals surface area (Å²) in [7, 11) is -5.66. The van der Waals surface area contributed by atoms with Crippen LogP contribution in [0.3, 0.4) is 0 Å². The highest BCUT2D eigenvalue weighted by Gasteiger charge is 2.46. The summed E-state index contributed by atoms with van der Waals surface area (Å²) in [5.74, 6) is -0.480. The van der Waals surface area contributed by atoms with Crippen LogP contribution in [0.2, 0.25) is 0 Å². The summed E-state index contributed by atoms with van der Waals surface area (Å²) in [4.78, 5) is 5.05. The molecule has 2 aromatic rings. The lowest BCUT2D eigenvalue weighted by Crippen LogP contribution is -2.30. The maximum atomic E-state index is 12.7. The Balaban J connectivity index is 2.25. The van der Waals surface area contributed by atoms with Gasteiger partial charge < -0.3 is 9.57 Å². The van der Waals surface area contributed by atoms with Crippen molar-refractivity contribution in [2.24, 2.45) is 5.16 Å². The summed E-state index contributed by atoms with van der Waals surface area (Å²) in [5.41, 5.74) is -5.27. The molecule has 0 aromatic heterocycles. The molecule has 0 fully saturated rings. The largest absolute Gasteiger partial charge is 0.573 e. The van der Waals surface area contributed by atoms with Crippen molar-refractivity contribution in [3.05, 3.63) is 53.6 Å². The molecular weight excluding hydrogens is 442 g/mol. The Kier molecular flexibility index (Phi) is 6.54. The fraction of sp³-hybridized carbons (Fsp3) is 0.235. The first-order chi connectivity index (χ1) is 13.7. The third-order valence-corrected chi connectivity index (χ3v) is 4.56. The average Bonchev–Trinajstić information content (AvgIpc) is 2.60. The predicted molar refractivity (Wildman–Crippen MR) is 95.7 cm³/mol. The number of hydrogen-bond acceptors (Lipinski definition) is 5. The number of halogens is 6. The molecule has 0 aliphatic rings. The van der Waals surface area contributed by atoms with E-state index in [4.69, 9.17) is 4.84 Å². The number of sulfonamides is 1. The molecule has 0 aliphatic heterocycles. The van der Waals surface area contributed by atoms with Gasteiger partial charge in [-0.25, -0.2) is 0 Å². The van der Waals surface area contributed by atoms with Crippen LogP contribution in [0.4, 0.5) is 32.0 Å². The Labute approximate surface area is 167 Å². The van der Waals surface area contributed by atoms with Gasteiger partial charge in [-0.15, -0.1) is 13.2 Å². The van der Waals surface area contributed by atoms with Gasteiger partial charge in [0.1, 0.15) is 5.75 Å². The van der Waals surface area contributed by atoms with Gasteiger partial charge in [-0.2, -0.15) is 21.6 Å². The van der Waals surface area contributed by atoms with E-state index in [0.717, 1.165) is 30.3 Å². The van der Waals surface area contributed by atoms with E-state index in [1.807, 2.05) is 0 Å². The lowest BCUT2D eigenvalue weighted by atomic mass is 10.1. The van der Waals surface area contributed by atoms with E-state index in [-0.39, 0.29) is 22.7 Å². The van der Waals surface area contributed by atoms with Crippen molar-refractivity contribution in [3.63, 3.8) is 0 Å². The number of benzene rings is 2.